The molecular formula is C13H14N2O4. The van der Waals surface area contributed by atoms with Gasteiger partial charge in [0, 0.05) is 6.07 Å². The molecular weight excluding hydrogens is 248 g/mol. The second-order valence-corrected chi connectivity index (χ2v) is 3.80. The van der Waals surface area contributed by atoms with Crippen LogP contribution in [0, 0.1) is 21.4 Å². The zero-order chi connectivity index (χ0) is 14.4. The normalized spacial score (nSPS) is 9.74. The quantitative estimate of drug-likeness (QED) is 0.460. The van der Waals surface area contributed by atoms with Gasteiger partial charge < -0.3 is 4.74 Å². The van der Waals surface area contributed by atoms with Gasteiger partial charge in [0.1, 0.15) is 11.6 Å². The molecule has 0 spiro atoms. The number of benzene rings is 1. The summed E-state index contributed by atoms with van der Waals surface area (Å²) in [4.78, 5) is 21.8. The van der Waals surface area contributed by atoms with Crippen LogP contribution in [0.25, 0.3) is 0 Å². The number of carbonyl (C=O) groups excluding carboxylic acids is 1. The van der Waals surface area contributed by atoms with Crippen molar-refractivity contribution in [2.24, 2.45) is 0 Å². The molecule has 0 aromatic heterocycles. The van der Waals surface area contributed by atoms with E-state index in [0.29, 0.717) is 12.0 Å². The van der Waals surface area contributed by atoms with E-state index in [1.54, 1.807) is 13.0 Å². The van der Waals surface area contributed by atoms with E-state index in [1.807, 2.05) is 13.0 Å². The molecule has 0 N–H and O–H groups in total. The van der Waals surface area contributed by atoms with Gasteiger partial charge in [0.2, 0.25) is 0 Å². The molecule has 1 aromatic carbocycles. The number of hydrogen-bond acceptors (Lipinski definition) is 5. The van der Waals surface area contributed by atoms with Crippen LogP contribution in [-0.2, 0) is 22.4 Å². The number of esters is 1. The first-order chi connectivity index (χ1) is 9.04. The van der Waals surface area contributed by atoms with Crippen LogP contribution in [0.1, 0.15) is 30.5 Å². The van der Waals surface area contributed by atoms with Crippen molar-refractivity contribution in [3.63, 3.8) is 0 Å². The fourth-order valence-corrected chi connectivity index (χ4v) is 1.85. The molecule has 0 amide bonds. The van der Waals surface area contributed by atoms with E-state index in [0.717, 1.165) is 5.56 Å². The fraction of sp³-hybridized carbons (Fsp3) is 0.385. The Morgan fingerprint density at radius 2 is 2.16 bits per heavy atom. The number of aryl methyl sites for hydroxylation is 1. The molecule has 0 unspecified atom stereocenters. The molecule has 1 rings (SSSR count). The molecule has 100 valence electrons. The van der Waals surface area contributed by atoms with Crippen LogP contribution >= 0.6 is 0 Å². The Kier molecular flexibility index (Phi) is 5.01. The Hall–Kier alpha value is -2.42. The lowest BCUT2D eigenvalue weighted by atomic mass is 9.96. The Bertz CT molecular complexity index is 546. The smallest absolute Gasteiger partial charge is 0.310 e. The van der Waals surface area contributed by atoms with Gasteiger partial charge in [-0.15, -0.1) is 0 Å². The number of nitro groups is 1. The minimum atomic E-state index is -0.618. The van der Waals surface area contributed by atoms with Gasteiger partial charge in [-0.05, 0) is 24.5 Å². The standard InChI is InChI=1S/C13H14N2O4/c1-3-9-5-6-12(15(17)18)11(8-14)10(9)7-13(16)19-4-2/h5-6H,3-4,7H2,1-2H3. The van der Waals surface area contributed by atoms with Gasteiger partial charge in [-0.3, -0.25) is 14.9 Å². The largest absolute Gasteiger partial charge is 0.466 e. The lowest BCUT2D eigenvalue weighted by Gasteiger charge is -2.09. The third-order valence-corrected chi connectivity index (χ3v) is 2.70. The van der Waals surface area contributed by atoms with Crippen LogP contribution in [0.3, 0.4) is 0 Å². The summed E-state index contributed by atoms with van der Waals surface area (Å²) >= 11 is 0. The summed E-state index contributed by atoms with van der Waals surface area (Å²) in [6, 6.07) is 4.69. The Labute approximate surface area is 110 Å². The zero-order valence-corrected chi connectivity index (χ0v) is 10.8. The number of rotatable bonds is 5. The maximum atomic E-state index is 11.5. The van der Waals surface area contributed by atoms with Crippen LogP contribution in [0.4, 0.5) is 5.69 Å². The number of nitriles is 1. The average molecular weight is 262 g/mol. The van der Waals surface area contributed by atoms with Crippen LogP contribution in [-0.4, -0.2) is 17.5 Å². The molecule has 0 aliphatic rings. The molecule has 19 heavy (non-hydrogen) atoms. The van der Waals surface area contributed by atoms with Crippen molar-refractivity contribution in [3.05, 3.63) is 38.9 Å². The number of nitrogens with zero attached hydrogens (tertiary/aromatic N) is 2. The number of nitro benzene ring substituents is 1. The highest BCUT2D eigenvalue weighted by Gasteiger charge is 2.22. The molecule has 0 atom stereocenters. The fourth-order valence-electron chi connectivity index (χ4n) is 1.85. The first-order valence-corrected chi connectivity index (χ1v) is 5.89. The summed E-state index contributed by atoms with van der Waals surface area (Å²) < 4.78 is 4.83. The van der Waals surface area contributed by atoms with E-state index in [-0.39, 0.29) is 24.3 Å². The summed E-state index contributed by atoms with van der Waals surface area (Å²) in [5.74, 6) is -0.491. The van der Waals surface area contributed by atoms with Crippen molar-refractivity contribution in [2.45, 2.75) is 26.7 Å². The molecule has 0 saturated heterocycles. The average Bonchev–Trinajstić information content (AvgIpc) is 2.38. The van der Waals surface area contributed by atoms with Crippen molar-refractivity contribution < 1.29 is 14.5 Å². The maximum Gasteiger partial charge on any atom is 0.310 e. The predicted molar refractivity (Wildman–Crippen MR) is 67.5 cm³/mol. The van der Waals surface area contributed by atoms with Gasteiger partial charge in [-0.25, -0.2) is 0 Å². The van der Waals surface area contributed by atoms with E-state index in [9.17, 15) is 14.9 Å². The summed E-state index contributed by atoms with van der Waals surface area (Å²) in [6.45, 7) is 3.77. The second kappa shape index (κ2) is 6.50. The van der Waals surface area contributed by atoms with Gasteiger partial charge in [-0.2, -0.15) is 5.26 Å². The Morgan fingerprint density at radius 3 is 2.63 bits per heavy atom. The first kappa shape index (κ1) is 14.6. The first-order valence-electron chi connectivity index (χ1n) is 5.89. The molecule has 6 nitrogen and oxygen atoms in total. The van der Waals surface area contributed by atoms with Crippen molar-refractivity contribution in [2.75, 3.05) is 6.61 Å². The third kappa shape index (κ3) is 3.28. The summed E-state index contributed by atoms with van der Waals surface area (Å²) in [5.41, 5.74) is 0.796. The van der Waals surface area contributed by atoms with Crippen LogP contribution < -0.4 is 0 Å². The molecule has 0 bridgehead atoms. The van der Waals surface area contributed by atoms with Crippen molar-refractivity contribution in [3.8, 4) is 6.07 Å². The van der Waals surface area contributed by atoms with E-state index in [4.69, 9.17) is 10.00 Å². The maximum absolute atomic E-state index is 11.5. The number of carbonyl (C=O) groups is 1. The lowest BCUT2D eigenvalue weighted by Crippen LogP contribution is -2.11. The van der Waals surface area contributed by atoms with Gasteiger partial charge in [0.15, 0.2) is 0 Å². The minimum absolute atomic E-state index is 0.0580. The predicted octanol–water partition coefficient (Wildman–Crippen LogP) is 2.13. The van der Waals surface area contributed by atoms with Crippen molar-refractivity contribution >= 4 is 11.7 Å². The molecule has 0 fully saturated rings. The highest BCUT2D eigenvalue weighted by molar-refractivity contribution is 5.75. The van der Waals surface area contributed by atoms with E-state index in [1.165, 1.54) is 6.07 Å². The third-order valence-electron chi connectivity index (χ3n) is 2.70. The molecule has 0 radical (unpaired) electrons. The minimum Gasteiger partial charge on any atom is -0.466 e. The van der Waals surface area contributed by atoms with Crippen molar-refractivity contribution in [1.82, 2.24) is 0 Å². The summed E-state index contributed by atoms with van der Waals surface area (Å²) in [7, 11) is 0. The van der Waals surface area contributed by atoms with Gasteiger partial charge >= 0.3 is 5.97 Å². The highest BCUT2D eigenvalue weighted by atomic mass is 16.6. The monoisotopic (exact) mass is 262 g/mol. The Morgan fingerprint density at radius 1 is 1.47 bits per heavy atom. The summed E-state index contributed by atoms with van der Waals surface area (Å²) in [5, 5.41) is 20.0. The zero-order valence-electron chi connectivity index (χ0n) is 10.8. The van der Waals surface area contributed by atoms with Crippen LogP contribution in [0.2, 0.25) is 0 Å². The number of ether oxygens (including phenoxy) is 1. The van der Waals surface area contributed by atoms with E-state index in [2.05, 4.69) is 0 Å². The second-order valence-electron chi connectivity index (χ2n) is 3.80. The number of hydrogen-bond donors (Lipinski definition) is 0. The molecule has 0 aliphatic heterocycles. The van der Waals surface area contributed by atoms with Gasteiger partial charge in [0.25, 0.3) is 5.69 Å². The molecule has 0 aliphatic carbocycles. The lowest BCUT2D eigenvalue weighted by molar-refractivity contribution is -0.385. The SMILES string of the molecule is CCOC(=O)Cc1c(CC)ccc([N+](=O)[O-])c1C#N. The molecule has 1 aromatic rings. The Balaban J connectivity index is 3.32. The van der Waals surface area contributed by atoms with Crippen LogP contribution in [0.15, 0.2) is 12.1 Å². The molecule has 0 saturated carbocycles. The molecule has 6 heteroatoms. The van der Waals surface area contributed by atoms with Crippen LogP contribution in [0.5, 0.6) is 0 Å². The van der Waals surface area contributed by atoms with Crippen molar-refractivity contribution in [1.29, 1.82) is 5.26 Å². The van der Waals surface area contributed by atoms with E-state index >= 15 is 0 Å². The highest BCUT2D eigenvalue weighted by Crippen LogP contribution is 2.26. The topological polar surface area (TPSA) is 93.2 Å². The van der Waals surface area contributed by atoms with E-state index < -0.39 is 10.9 Å². The van der Waals surface area contributed by atoms with Gasteiger partial charge in [0.05, 0.1) is 18.0 Å². The summed E-state index contributed by atoms with van der Waals surface area (Å²) in [6.07, 6.45) is 0.461. The molecule has 0 heterocycles. The van der Waals surface area contributed by atoms with Gasteiger partial charge in [-0.1, -0.05) is 13.0 Å².